The van der Waals surface area contributed by atoms with Gasteiger partial charge < -0.3 is 4.84 Å². The number of nitro groups is 1. The molecular formula is C11H15FN2O3. The first kappa shape index (κ1) is 13.5. The van der Waals surface area contributed by atoms with Crippen LogP contribution in [0.2, 0.25) is 0 Å². The van der Waals surface area contributed by atoms with Crippen molar-refractivity contribution in [3.8, 4) is 0 Å². The number of hydroxylamine groups is 1. The van der Waals surface area contributed by atoms with E-state index in [2.05, 4.69) is 5.48 Å². The SMILES string of the molecule is CC(C)CONCc1ccc([N+](=O)[O-])c(F)c1. The van der Waals surface area contributed by atoms with E-state index in [0.29, 0.717) is 24.6 Å². The van der Waals surface area contributed by atoms with Crippen LogP contribution in [-0.2, 0) is 11.4 Å². The van der Waals surface area contributed by atoms with E-state index in [-0.39, 0.29) is 0 Å². The van der Waals surface area contributed by atoms with E-state index in [1.807, 2.05) is 13.8 Å². The molecule has 1 aromatic rings. The van der Waals surface area contributed by atoms with E-state index >= 15 is 0 Å². The Morgan fingerprint density at radius 1 is 1.53 bits per heavy atom. The predicted molar refractivity (Wildman–Crippen MR) is 60.7 cm³/mol. The number of hydrogen-bond acceptors (Lipinski definition) is 4. The Balaban J connectivity index is 2.50. The van der Waals surface area contributed by atoms with Gasteiger partial charge in [0.25, 0.3) is 0 Å². The fourth-order valence-corrected chi connectivity index (χ4v) is 1.17. The minimum absolute atomic E-state index is 0.307. The molecule has 0 aliphatic heterocycles. The van der Waals surface area contributed by atoms with Crippen molar-refractivity contribution in [3.05, 3.63) is 39.7 Å². The molecule has 6 heteroatoms. The van der Waals surface area contributed by atoms with Gasteiger partial charge in [-0.25, -0.2) is 0 Å². The molecule has 0 saturated heterocycles. The lowest BCUT2D eigenvalue weighted by Crippen LogP contribution is -2.17. The Labute approximate surface area is 98.7 Å². The molecule has 1 aromatic carbocycles. The van der Waals surface area contributed by atoms with Crippen molar-refractivity contribution in [2.24, 2.45) is 5.92 Å². The third-order valence-electron chi connectivity index (χ3n) is 2.00. The molecule has 0 aliphatic rings. The first-order valence-electron chi connectivity index (χ1n) is 5.28. The summed E-state index contributed by atoms with van der Waals surface area (Å²) >= 11 is 0. The Kier molecular flexibility index (Phi) is 4.99. The van der Waals surface area contributed by atoms with E-state index < -0.39 is 16.4 Å². The largest absolute Gasteiger partial charge is 0.304 e. The maximum Gasteiger partial charge on any atom is 0.304 e. The summed E-state index contributed by atoms with van der Waals surface area (Å²) in [5, 5.41) is 10.4. The van der Waals surface area contributed by atoms with Gasteiger partial charge in [0.1, 0.15) is 0 Å². The molecular weight excluding hydrogens is 227 g/mol. The Hall–Kier alpha value is -1.53. The normalized spacial score (nSPS) is 10.8. The van der Waals surface area contributed by atoms with Crippen LogP contribution in [0.25, 0.3) is 0 Å². The summed E-state index contributed by atoms with van der Waals surface area (Å²) in [6, 6.07) is 3.77. The average molecular weight is 242 g/mol. The number of hydrogen-bond donors (Lipinski definition) is 1. The van der Waals surface area contributed by atoms with Crippen LogP contribution in [0.5, 0.6) is 0 Å². The number of nitrogens with one attached hydrogen (secondary N) is 1. The molecule has 94 valence electrons. The summed E-state index contributed by atoms with van der Waals surface area (Å²) in [4.78, 5) is 14.8. The lowest BCUT2D eigenvalue weighted by atomic mass is 10.2. The minimum Gasteiger partial charge on any atom is -0.301 e. The van der Waals surface area contributed by atoms with Gasteiger partial charge in [-0.15, -0.1) is 0 Å². The van der Waals surface area contributed by atoms with Crippen LogP contribution in [0, 0.1) is 21.8 Å². The highest BCUT2D eigenvalue weighted by atomic mass is 19.1. The second-order valence-corrected chi connectivity index (χ2v) is 4.07. The van der Waals surface area contributed by atoms with E-state index in [0.717, 1.165) is 12.1 Å². The first-order valence-corrected chi connectivity index (χ1v) is 5.28. The average Bonchev–Trinajstić information content (AvgIpc) is 2.23. The molecule has 0 atom stereocenters. The zero-order chi connectivity index (χ0) is 12.8. The fraction of sp³-hybridized carbons (Fsp3) is 0.455. The van der Waals surface area contributed by atoms with Gasteiger partial charge in [0.05, 0.1) is 11.5 Å². The van der Waals surface area contributed by atoms with Gasteiger partial charge >= 0.3 is 5.69 Å². The zero-order valence-corrected chi connectivity index (χ0v) is 9.77. The summed E-state index contributed by atoms with van der Waals surface area (Å²) in [5.74, 6) is -0.436. The van der Waals surface area contributed by atoms with Crippen molar-refractivity contribution in [1.82, 2.24) is 5.48 Å². The number of nitro benzene ring substituents is 1. The highest BCUT2D eigenvalue weighted by Gasteiger charge is 2.13. The lowest BCUT2D eigenvalue weighted by molar-refractivity contribution is -0.387. The van der Waals surface area contributed by atoms with Crippen LogP contribution in [0.3, 0.4) is 0 Å². The van der Waals surface area contributed by atoms with E-state index in [9.17, 15) is 14.5 Å². The molecule has 0 saturated carbocycles. The van der Waals surface area contributed by atoms with Crippen LogP contribution in [0.4, 0.5) is 10.1 Å². The number of benzene rings is 1. The summed E-state index contributed by atoms with van der Waals surface area (Å²) in [5.41, 5.74) is 2.75. The molecule has 17 heavy (non-hydrogen) atoms. The summed E-state index contributed by atoms with van der Waals surface area (Å²) in [6.45, 7) is 4.87. The molecule has 0 amide bonds. The predicted octanol–water partition coefficient (Wildman–Crippen LogP) is 2.41. The van der Waals surface area contributed by atoms with E-state index in [4.69, 9.17) is 4.84 Å². The van der Waals surface area contributed by atoms with Crippen LogP contribution in [-0.4, -0.2) is 11.5 Å². The number of halogens is 1. The molecule has 0 heterocycles. The van der Waals surface area contributed by atoms with Crippen LogP contribution >= 0.6 is 0 Å². The second kappa shape index (κ2) is 6.27. The van der Waals surface area contributed by atoms with Crippen molar-refractivity contribution in [1.29, 1.82) is 0 Å². The van der Waals surface area contributed by atoms with Crippen LogP contribution < -0.4 is 5.48 Å². The van der Waals surface area contributed by atoms with Gasteiger partial charge in [-0.1, -0.05) is 19.9 Å². The first-order chi connectivity index (χ1) is 8.00. The van der Waals surface area contributed by atoms with Gasteiger partial charge in [0.2, 0.25) is 5.82 Å². The molecule has 0 aliphatic carbocycles. The molecule has 0 radical (unpaired) electrons. The quantitative estimate of drug-likeness (QED) is 0.472. The molecule has 0 spiro atoms. The Morgan fingerprint density at radius 3 is 2.76 bits per heavy atom. The summed E-state index contributed by atoms with van der Waals surface area (Å²) in [6.07, 6.45) is 0. The molecule has 0 aromatic heterocycles. The second-order valence-electron chi connectivity index (χ2n) is 4.07. The molecule has 1 N–H and O–H groups in total. The Morgan fingerprint density at radius 2 is 2.24 bits per heavy atom. The molecule has 0 fully saturated rings. The summed E-state index contributed by atoms with van der Waals surface area (Å²) < 4.78 is 13.2. The van der Waals surface area contributed by atoms with Crippen LogP contribution in [0.1, 0.15) is 19.4 Å². The van der Waals surface area contributed by atoms with Gasteiger partial charge in [-0.05, 0) is 17.5 Å². The highest BCUT2D eigenvalue weighted by molar-refractivity contribution is 5.34. The Bertz CT molecular complexity index is 396. The monoisotopic (exact) mass is 242 g/mol. The van der Waals surface area contributed by atoms with Gasteiger partial charge in [-0.2, -0.15) is 9.87 Å². The molecule has 5 nitrogen and oxygen atoms in total. The third-order valence-corrected chi connectivity index (χ3v) is 2.00. The standard InChI is InChI=1S/C11H15FN2O3/c1-8(2)7-17-13-6-9-3-4-11(14(15)16)10(12)5-9/h3-5,8,13H,6-7H2,1-2H3. The van der Waals surface area contributed by atoms with Gasteiger partial charge in [-0.3, -0.25) is 10.1 Å². The van der Waals surface area contributed by atoms with Crippen LogP contribution in [0.15, 0.2) is 18.2 Å². The van der Waals surface area contributed by atoms with E-state index in [1.165, 1.54) is 6.07 Å². The number of rotatable bonds is 6. The van der Waals surface area contributed by atoms with Crippen molar-refractivity contribution >= 4 is 5.69 Å². The highest BCUT2D eigenvalue weighted by Crippen LogP contribution is 2.17. The fourth-order valence-electron chi connectivity index (χ4n) is 1.17. The van der Waals surface area contributed by atoms with Gasteiger partial charge in [0.15, 0.2) is 0 Å². The van der Waals surface area contributed by atoms with Crippen molar-refractivity contribution in [2.45, 2.75) is 20.4 Å². The maximum absolute atomic E-state index is 13.2. The maximum atomic E-state index is 13.2. The lowest BCUT2D eigenvalue weighted by Gasteiger charge is -2.07. The van der Waals surface area contributed by atoms with E-state index in [1.54, 1.807) is 0 Å². The minimum atomic E-state index is -0.835. The topological polar surface area (TPSA) is 64.4 Å². The molecule has 1 rings (SSSR count). The smallest absolute Gasteiger partial charge is 0.301 e. The van der Waals surface area contributed by atoms with Gasteiger partial charge in [0, 0.05) is 12.6 Å². The third kappa shape index (κ3) is 4.46. The zero-order valence-electron chi connectivity index (χ0n) is 9.77. The number of nitrogens with zero attached hydrogens (tertiary/aromatic N) is 1. The van der Waals surface area contributed by atoms with Crippen molar-refractivity contribution in [3.63, 3.8) is 0 Å². The van der Waals surface area contributed by atoms with Crippen molar-refractivity contribution in [2.75, 3.05) is 6.61 Å². The molecule has 0 unspecified atom stereocenters. The summed E-state index contributed by atoms with van der Waals surface area (Å²) in [7, 11) is 0. The van der Waals surface area contributed by atoms with Crippen molar-refractivity contribution < 1.29 is 14.2 Å². The molecule has 0 bridgehead atoms.